The van der Waals surface area contributed by atoms with Crippen LogP contribution in [0.4, 0.5) is 0 Å². The van der Waals surface area contributed by atoms with Crippen molar-refractivity contribution >= 4 is 18.3 Å². The number of carbonyl (C=O) groups is 1. The molecule has 0 radical (unpaired) electrons. The number of unbranched alkanes of at least 4 members (excludes halogenated alkanes) is 13. The normalized spacial score (nSPS) is 13.4. The fourth-order valence-electron chi connectivity index (χ4n) is 4.09. The number of rotatable bonds is 19. The number of halogens is 1. The molecule has 3 nitrogen and oxygen atoms in total. The van der Waals surface area contributed by atoms with Gasteiger partial charge in [0.15, 0.2) is 0 Å². The second-order valence-electron chi connectivity index (χ2n) is 8.33. The molecule has 0 fully saturated rings. The topological polar surface area (TPSA) is 46.3 Å². The number of hydrogen-bond donors (Lipinski definition) is 1. The number of primary amides is 1. The highest BCUT2D eigenvalue weighted by molar-refractivity contribution is 5.85. The fourth-order valence-corrected chi connectivity index (χ4v) is 4.09. The fraction of sp³-hybridized carbons (Fsp3) is 0.957. The molecule has 0 aromatic carbocycles. The lowest BCUT2D eigenvalue weighted by atomic mass is 9.90. The highest BCUT2D eigenvalue weighted by Gasteiger charge is 2.26. The molecule has 0 saturated heterocycles. The summed E-state index contributed by atoms with van der Waals surface area (Å²) in [6.07, 6.45) is 21.1. The Bertz CT molecular complexity index is 324. The van der Waals surface area contributed by atoms with Gasteiger partial charge in [0.2, 0.25) is 5.91 Å². The van der Waals surface area contributed by atoms with Crippen LogP contribution in [0, 0.1) is 5.92 Å². The van der Waals surface area contributed by atoms with Gasteiger partial charge in [0.1, 0.15) is 0 Å². The van der Waals surface area contributed by atoms with Crippen LogP contribution in [0.25, 0.3) is 0 Å². The number of amides is 1. The Balaban J connectivity index is 0. The molecule has 0 bridgehead atoms. The molecule has 27 heavy (non-hydrogen) atoms. The summed E-state index contributed by atoms with van der Waals surface area (Å²) in [5.41, 5.74) is 5.64. The van der Waals surface area contributed by atoms with Gasteiger partial charge in [-0.25, -0.2) is 0 Å². The average Bonchev–Trinajstić information content (AvgIpc) is 2.60. The first kappa shape index (κ1) is 28.9. The van der Waals surface area contributed by atoms with E-state index < -0.39 is 0 Å². The Morgan fingerprint density at radius 1 is 0.741 bits per heavy atom. The van der Waals surface area contributed by atoms with Gasteiger partial charge in [0.05, 0.1) is 5.92 Å². The standard InChI is InChI=1S/C23H48N2O.ClH/c1-5-7-8-9-10-11-12-13-14-15-16-17-18-19-20-21(23(24)26)22(6-2)25(3)4;/h21-22H,5-20H2,1-4H3,(H2,24,26);1H. The van der Waals surface area contributed by atoms with E-state index in [2.05, 4.69) is 32.8 Å². The van der Waals surface area contributed by atoms with Gasteiger partial charge in [-0.2, -0.15) is 0 Å². The van der Waals surface area contributed by atoms with E-state index in [0.29, 0.717) is 0 Å². The number of nitrogens with zero attached hydrogens (tertiary/aromatic N) is 1. The Hall–Kier alpha value is -0.280. The van der Waals surface area contributed by atoms with E-state index in [-0.39, 0.29) is 30.3 Å². The Kier molecular flexibility index (Phi) is 21.9. The van der Waals surface area contributed by atoms with E-state index in [0.717, 1.165) is 19.3 Å². The second kappa shape index (κ2) is 20.5. The quantitative estimate of drug-likeness (QED) is 0.243. The van der Waals surface area contributed by atoms with Gasteiger partial charge in [-0.3, -0.25) is 4.79 Å². The number of hydrogen-bond acceptors (Lipinski definition) is 2. The summed E-state index contributed by atoms with van der Waals surface area (Å²) in [6, 6.07) is 0.287. The minimum atomic E-state index is -0.125. The third kappa shape index (κ3) is 16.4. The highest BCUT2D eigenvalue weighted by Crippen LogP contribution is 2.20. The molecule has 0 rings (SSSR count). The van der Waals surface area contributed by atoms with Gasteiger partial charge in [-0.15, -0.1) is 12.4 Å². The van der Waals surface area contributed by atoms with E-state index in [9.17, 15) is 4.79 Å². The molecule has 0 aromatic rings. The molecule has 2 unspecified atom stereocenters. The molecule has 0 aliphatic carbocycles. The lowest BCUT2D eigenvalue weighted by molar-refractivity contribution is -0.124. The Morgan fingerprint density at radius 3 is 1.41 bits per heavy atom. The van der Waals surface area contributed by atoms with Crippen molar-refractivity contribution in [1.82, 2.24) is 4.90 Å². The van der Waals surface area contributed by atoms with E-state index in [4.69, 9.17) is 5.73 Å². The van der Waals surface area contributed by atoms with Crippen LogP contribution >= 0.6 is 12.4 Å². The first-order valence-corrected chi connectivity index (χ1v) is 11.5. The maximum absolute atomic E-state index is 11.8. The molecule has 164 valence electrons. The van der Waals surface area contributed by atoms with Gasteiger partial charge >= 0.3 is 0 Å². The van der Waals surface area contributed by atoms with Gasteiger partial charge in [-0.05, 0) is 26.9 Å². The monoisotopic (exact) mass is 404 g/mol. The van der Waals surface area contributed by atoms with E-state index in [1.807, 2.05) is 0 Å². The minimum absolute atomic E-state index is 0. The third-order valence-electron chi connectivity index (χ3n) is 5.78. The minimum Gasteiger partial charge on any atom is -0.369 e. The van der Waals surface area contributed by atoms with Crippen molar-refractivity contribution in [2.24, 2.45) is 11.7 Å². The summed E-state index contributed by atoms with van der Waals surface area (Å²) >= 11 is 0. The Labute approximate surface area is 176 Å². The second-order valence-corrected chi connectivity index (χ2v) is 8.33. The number of carbonyl (C=O) groups excluding carboxylic acids is 1. The van der Waals surface area contributed by atoms with Crippen LogP contribution in [-0.2, 0) is 4.79 Å². The van der Waals surface area contributed by atoms with Crippen LogP contribution < -0.4 is 5.73 Å². The summed E-state index contributed by atoms with van der Waals surface area (Å²) in [7, 11) is 4.10. The van der Waals surface area contributed by atoms with Crippen molar-refractivity contribution in [2.45, 2.75) is 123 Å². The third-order valence-corrected chi connectivity index (χ3v) is 5.78. The molecule has 0 aliphatic rings. The summed E-state index contributed by atoms with van der Waals surface area (Å²) in [4.78, 5) is 13.9. The smallest absolute Gasteiger partial charge is 0.222 e. The summed E-state index contributed by atoms with van der Waals surface area (Å²) in [6.45, 7) is 4.42. The van der Waals surface area contributed by atoms with E-state index in [1.165, 1.54) is 83.5 Å². The van der Waals surface area contributed by atoms with Crippen LogP contribution in [-0.4, -0.2) is 30.9 Å². The molecular formula is C23H49ClN2O. The first-order chi connectivity index (χ1) is 12.5. The molecule has 0 aromatic heterocycles. The summed E-state index contributed by atoms with van der Waals surface area (Å²) < 4.78 is 0. The lowest BCUT2D eigenvalue weighted by Gasteiger charge is -2.29. The van der Waals surface area contributed by atoms with Gasteiger partial charge in [0, 0.05) is 6.04 Å². The Morgan fingerprint density at radius 2 is 1.11 bits per heavy atom. The molecular weight excluding hydrogens is 356 g/mol. The summed E-state index contributed by atoms with van der Waals surface area (Å²) in [5.74, 6) is -0.118. The molecule has 2 atom stereocenters. The zero-order chi connectivity index (χ0) is 19.6. The van der Waals surface area contributed by atoms with Gasteiger partial charge in [0.25, 0.3) is 0 Å². The van der Waals surface area contributed by atoms with E-state index in [1.54, 1.807) is 0 Å². The van der Waals surface area contributed by atoms with Crippen molar-refractivity contribution in [3.05, 3.63) is 0 Å². The molecule has 2 N–H and O–H groups in total. The lowest BCUT2D eigenvalue weighted by Crippen LogP contribution is -2.41. The number of nitrogens with two attached hydrogens (primary N) is 1. The molecule has 0 saturated carbocycles. The van der Waals surface area contributed by atoms with Crippen LogP contribution in [0.5, 0.6) is 0 Å². The first-order valence-electron chi connectivity index (χ1n) is 11.5. The van der Waals surface area contributed by atoms with Crippen molar-refractivity contribution in [1.29, 1.82) is 0 Å². The van der Waals surface area contributed by atoms with Crippen molar-refractivity contribution in [3.8, 4) is 0 Å². The van der Waals surface area contributed by atoms with Crippen LogP contribution in [0.1, 0.15) is 117 Å². The van der Waals surface area contributed by atoms with Gasteiger partial charge < -0.3 is 10.6 Å². The highest BCUT2D eigenvalue weighted by atomic mass is 35.5. The maximum Gasteiger partial charge on any atom is 0.222 e. The van der Waals surface area contributed by atoms with Gasteiger partial charge in [-0.1, -0.05) is 104 Å². The van der Waals surface area contributed by atoms with Crippen molar-refractivity contribution in [3.63, 3.8) is 0 Å². The largest absolute Gasteiger partial charge is 0.369 e. The molecule has 1 amide bonds. The molecule has 0 spiro atoms. The van der Waals surface area contributed by atoms with Crippen LogP contribution in [0.3, 0.4) is 0 Å². The average molecular weight is 405 g/mol. The van der Waals surface area contributed by atoms with Crippen molar-refractivity contribution < 1.29 is 4.79 Å². The summed E-state index contributed by atoms with van der Waals surface area (Å²) in [5, 5.41) is 0. The zero-order valence-electron chi connectivity index (χ0n) is 18.8. The van der Waals surface area contributed by atoms with Crippen LogP contribution in [0.15, 0.2) is 0 Å². The SMILES string of the molecule is CCCCCCCCCCCCCCCCC(C(N)=O)C(CC)N(C)C.Cl. The van der Waals surface area contributed by atoms with E-state index >= 15 is 0 Å². The predicted molar refractivity (Wildman–Crippen MR) is 123 cm³/mol. The zero-order valence-corrected chi connectivity index (χ0v) is 19.6. The van der Waals surface area contributed by atoms with Crippen molar-refractivity contribution in [2.75, 3.05) is 14.1 Å². The molecule has 4 heteroatoms. The molecule has 0 heterocycles. The predicted octanol–water partition coefficient (Wildman–Crippen LogP) is 6.72. The molecule has 0 aliphatic heterocycles. The van der Waals surface area contributed by atoms with Crippen LogP contribution in [0.2, 0.25) is 0 Å². The maximum atomic E-state index is 11.8.